The van der Waals surface area contributed by atoms with Gasteiger partial charge in [-0.15, -0.1) is 0 Å². The van der Waals surface area contributed by atoms with Gasteiger partial charge in [-0.25, -0.2) is 0 Å². The van der Waals surface area contributed by atoms with Crippen molar-refractivity contribution >= 4 is 5.91 Å². The molecule has 19 heavy (non-hydrogen) atoms. The third kappa shape index (κ3) is 3.68. The lowest BCUT2D eigenvalue weighted by Crippen LogP contribution is -2.53. The molecule has 2 aliphatic rings. The zero-order chi connectivity index (χ0) is 13.9. The van der Waals surface area contributed by atoms with Crippen molar-refractivity contribution in [2.24, 2.45) is 5.41 Å². The second kappa shape index (κ2) is 6.20. The number of hydrogen-bond donors (Lipinski definition) is 1. The molecule has 2 rings (SSSR count). The van der Waals surface area contributed by atoms with Crippen molar-refractivity contribution in [3.8, 4) is 0 Å². The third-order valence-electron chi connectivity index (χ3n) is 4.40. The highest BCUT2D eigenvalue weighted by Crippen LogP contribution is 2.26. The Bertz CT molecular complexity index is 310. The predicted octanol–water partition coefficient (Wildman–Crippen LogP) is 0.165. The van der Waals surface area contributed by atoms with E-state index in [1.54, 1.807) is 0 Å². The molecule has 0 saturated carbocycles. The highest BCUT2D eigenvalue weighted by molar-refractivity contribution is 5.83. The summed E-state index contributed by atoms with van der Waals surface area (Å²) >= 11 is 0. The molecule has 0 spiro atoms. The first kappa shape index (κ1) is 14.8. The van der Waals surface area contributed by atoms with Gasteiger partial charge in [-0.05, 0) is 27.3 Å². The van der Waals surface area contributed by atoms with Crippen LogP contribution in [0.2, 0.25) is 0 Å². The number of carbonyl (C=O) groups excluding carboxylic acids is 1. The second-order valence-electron chi connectivity index (χ2n) is 6.29. The van der Waals surface area contributed by atoms with Gasteiger partial charge in [0.05, 0.1) is 18.6 Å². The zero-order valence-corrected chi connectivity index (χ0v) is 12.4. The summed E-state index contributed by atoms with van der Waals surface area (Å²) in [4.78, 5) is 16.8. The fraction of sp³-hybridized carbons (Fsp3) is 0.929. The molecule has 5 heteroatoms. The van der Waals surface area contributed by atoms with Crippen LogP contribution in [-0.2, 0) is 9.53 Å². The van der Waals surface area contributed by atoms with Gasteiger partial charge in [0.2, 0.25) is 5.91 Å². The molecular formula is C14H27N3O2. The molecule has 0 radical (unpaired) electrons. The van der Waals surface area contributed by atoms with Gasteiger partial charge >= 0.3 is 0 Å². The average molecular weight is 269 g/mol. The molecule has 0 aromatic rings. The van der Waals surface area contributed by atoms with Gasteiger partial charge in [-0.3, -0.25) is 9.69 Å². The van der Waals surface area contributed by atoms with Crippen LogP contribution in [0.4, 0.5) is 0 Å². The quantitative estimate of drug-likeness (QED) is 0.772. The van der Waals surface area contributed by atoms with Crippen LogP contribution in [-0.4, -0.2) is 74.7 Å². The van der Waals surface area contributed by atoms with E-state index in [4.69, 9.17) is 4.74 Å². The Labute approximate surface area is 116 Å². The Balaban J connectivity index is 1.63. The molecule has 2 fully saturated rings. The smallest absolute Gasteiger partial charge is 0.230 e. The summed E-state index contributed by atoms with van der Waals surface area (Å²) < 4.78 is 5.12. The van der Waals surface area contributed by atoms with Crippen LogP contribution >= 0.6 is 0 Å². The highest BCUT2D eigenvalue weighted by Gasteiger charge is 2.40. The van der Waals surface area contributed by atoms with E-state index in [1.807, 2.05) is 6.92 Å². The first-order valence-corrected chi connectivity index (χ1v) is 7.30. The van der Waals surface area contributed by atoms with Crippen molar-refractivity contribution in [1.29, 1.82) is 0 Å². The van der Waals surface area contributed by atoms with E-state index in [0.717, 1.165) is 39.1 Å². The highest BCUT2D eigenvalue weighted by atomic mass is 16.5. The van der Waals surface area contributed by atoms with Gasteiger partial charge in [0, 0.05) is 38.8 Å². The van der Waals surface area contributed by atoms with E-state index in [-0.39, 0.29) is 11.3 Å². The number of amides is 1. The molecule has 5 nitrogen and oxygen atoms in total. The number of nitrogens with zero attached hydrogens (tertiary/aromatic N) is 2. The Hall–Kier alpha value is -0.650. The third-order valence-corrected chi connectivity index (χ3v) is 4.40. The van der Waals surface area contributed by atoms with Crippen molar-refractivity contribution in [2.45, 2.75) is 26.3 Å². The average Bonchev–Trinajstić information content (AvgIpc) is 2.36. The molecule has 1 N–H and O–H groups in total. The number of likely N-dealkylation sites (N-methyl/N-ethyl adjacent to an activating group) is 1. The summed E-state index contributed by atoms with van der Waals surface area (Å²) in [5.74, 6) is 0.143. The van der Waals surface area contributed by atoms with E-state index in [9.17, 15) is 4.79 Å². The molecule has 0 aromatic carbocycles. The van der Waals surface area contributed by atoms with E-state index in [0.29, 0.717) is 19.3 Å². The van der Waals surface area contributed by atoms with Gasteiger partial charge in [0.25, 0.3) is 0 Å². The number of carbonyl (C=O) groups is 1. The molecule has 0 bridgehead atoms. The molecule has 0 aliphatic carbocycles. The summed E-state index contributed by atoms with van der Waals surface area (Å²) in [6.45, 7) is 10.7. The largest absolute Gasteiger partial charge is 0.379 e. The van der Waals surface area contributed by atoms with Crippen LogP contribution in [0.5, 0.6) is 0 Å². The maximum absolute atomic E-state index is 11.9. The Morgan fingerprint density at radius 2 is 1.95 bits per heavy atom. The van der Waals surface area contributed by atoms with Gasteiger partial charge < -0.3 is 15.0 Å². The maximum atomic E-state index is 11.9. The summed E-state index contributed by atoms with van der Waals surface area (Å²) in [7, 11) is 2.17. The molecule has 1 atom stereocenters. The number of nitrogens with one attached hydrogen (secondary N) is 1. The van der Waals surface area contributed by atoms with Crippen LogP contribution in [0, 0.1) is 5.41 Å². The van der Waals surface area contributed by atoms with E-state index >= 15 is 0 Å². The number of piperazine rings is 1. The summed E-state index contributed by atoms with van der Waals surface area (Å²) in [5, 5.41) is 3.05. The normalized spacial score (nSPS) is 25.6. The van der Waals surface area contributed by atoms with Crippen molar-refractivity contribution < 1.29 is 9.53 Å². The minimum absolute atomic E-state index is 0.143. The van der Waals surface area contributed by atoms with Crippen molar-refractivity contribution in [3.05, 3.63) is 0 Å². The first-order chi connectivity index (χ1) is 9.01. The monoisotopic (exact) mass is 269 g/mol. The standard InChI is InChI=1S/C14H27N3O2/c1-12(17-8-6-16(3)7-9-17)4-5-15-13(18)14(2)10-19-11-14/h12H,4-11H2,1-3H3,(H,15,18). The molecule has 2 saturated heterocycles. The van der Waals surface area contributed by atoms with Crippen LogP contribution in [0.1, 0.15) is 20.3 Å². The Morgan fingerprint density at radius 1 is 1.32 bits per heavy atom. The number of hydrogen-bond acceptors (Lipinski definition) is 4. The van der Waals surface area contributed by atoms with E-state index < -0.39 is 0 Å². The van der Waals surface area contributed by atoms with E-state index in [2.05, 4.69) is 29.1 Å². The van der Waals surface area contributed by atoms with Crippen molar-refractivity contribution in [1.82, 2.24) is 15.1 Å². The molecule has 2 aliphatic heterocycles. The predicted molar refractivity (Wildman–Crippen MR) is 75.1 cm³/mol. The molecular weight excluding hydrogens is 242 g/mol. The lowest BCUT2D eigenvalue weighted by atomic mass is 9.87. The minimum Gasteiger partial charge on any atom is -0.379 e. The fourth-order valence-corrected chi connectivity index (χ4v) is 2.59. The van der Waals surface area contributed by atoms with Crippen LogP contribution < -0.4 is 5.32 Å². The van der Waals surface area contributed by atoms with Gasteiger partial charge in [-0.2, -0.15) is 0 Å². The summed E-state index contributed by atoms with van der Waals surface area (Å²) in [6.07, 6.45) is 1.02. The van der Waals surface area contributed by atoms with Gasteiger partial charge in [0.15, 0.2) is 0 Å². The SMILES string of the molecule is CC(CCNC(=O)C1(C)COC1)N1CCN(C)CC1. The fourth-order valence-electron chi connectivity index (χ4n) is 2.59. The van der Waals surface area contributed by atoms with Crippen molar-refractivity contribution in [2.75, 3.05) is 53.0 Å². The van der Waals surface area contributed by atoms with Crippen LogP contribution in [0.15, 0.2) is 0 Å². The summed E-state index contributed by atoms with van der Waals surface area (Å²) in [6, 6.07) is 0.541. The van der Waals surface area contributed by atoms with Crippen LogP contribution in [0.25, 0.3) is 0 Å². The summed E-state index contributed by atoms with van der Waals surface area (Å²) in [5.41, 5.74) is -0.281. The lowest BCUT2D eigenvalue weighted by molar-refractivity contribution is -0.157. The lowest BCUT2D eigenvalue weighted by Gasteiger charge is -2.38. The Kier molecular flexibility index (Phi) is 4.81. The van der Waals surface area contributed by atoms with Gasteiger partial charge in [-0.1, -0.05) is 0 Å². The minimum atomic E-state index is -0.281. The molecule has 110 valence electrons. The molecule has 1 amide bonds. The van der Waals surface area contributed by atoms with Crippen LogP contribution in [0.3, 0.4) is 0 Å². The van der Waals surface area contributed by atoms with Crippen molar-refractivity contribution in [3.63, 3.8) is 0 Å². The number of ether oxygens (including phenoxy) is 1. The Morgan fingerprint density at radius 3 is 2.47 bits per heavy atom. The number of rotatable bonds is 5. The molecule has 1 unspecified atom stereocenters. The zero-order valence-electron chi connectivity index (χ0n) is 12.4. The maximum Gasteiger partial charge on any atom is 0.230 e. The van der Waals surface area contributed by atoms with E-state index in [1.165, 1.54) is 0 Å². The topological polar surface area (TPSA) is 44.8 Å². The molecule has 2 heterocycles. The second-order valence-corrected chi connectivity index (χ2v) is 6.29. The first-order valence-electron chi connectivity index (χ1n) is 7.30. The molecule has 0 aromatic heterocycles. The van der Waals surface area contributed by atoms with Gasteiger partial charge in [0.1, 0.15) is 0 Å².